The number of hydrogen-bond donors (Lipinski definition) is 0. The summed E-state index contributed by atoms with van der Waals surface area (Å²) in [6.45, 7) is 0.998. The van der Waals surface area contributed by atoms with Gasteiger partial charge in [0.2, 0.25) is 0 Å². The SMILES string of the molecule is O=C(c1cc(OCc2ccccc2)ccc1F)N1CC2(CC(n3nc(-c4ccncc4)cc3C(F)(F)F)C2)C1. The number of carbonyl (C=O) groups excluding carboxylic acids is 1. The van der Waals surface area contributed by atoms with E-state index in [2.05, 4.69) is 10.1 Å². The Morgan fingerprint density at radius 3 is 2.41 bits per heavy atom. The zero-order valence-electron chi connectivity index (χ0n) is 20.7. The van der Waals surface area contributed by atoms with E-state index in [4.69, 9.17) is 4.74 Å². The van der Waals surface area contributed by atoms with Gasteiger partial charge in [-0.25, -0.2) is 4.39 Å². The third-order valence-corrected chi connectivity index (χ3v) is 7.44. The lowest BCUT2D eigenvalue weighted by molar-refractivity contribution is -0.149. The van der Waals surface area contributed by atoms with E-state index in [0.717, 1.165) is 16.3 Å². The Morgan fingerprint density at radius 2 is 1.72 bits per heavy atom. The van der Waals surface area contributed by atoms with Gasteiger partial charge in [0.1, 0.15) is 23.9 Å². The molecule has 4 aromatic rings. The number of carbonyl (C=O) groups is 1. The van der Waals surface area contributed by atoms with Crippen LogP contribution in [0.5, 0.6) is 5.75 Å². The molecule has 1 amide bonds. The van der Waals surface area contributed by atoms with Gasteiger partial charge < -0.3 is 9.64 Å². The van der Waals surface area contributed by atoms with Crippen molar-refractivity contribution in [2.24, 2.45) is 5.41 Å². The Labute approximate surface area is 221 Å². The summed E-state index contributed by atoms with van der Waals surface area (Å²) in [5, 5.41) is 4.28. The van der Waals surface area contributed by atoms with Crippen LogP contribution >= 0.6 is 0 Å². The predicted octanol–water partition coefficient (Wildman–Crippen LogP) is 6.16. The molecule has 6 nitrogen and oxygen atoms in total. The maximum atomic E-state index is 14.5. The van der Waals surface area contributed by atoms with Gasteiger partial charge in [0, 0.05) is 36.5 Å². The fraction of sp³-hybridized carbons (Fsp3) is 0.276. The molecule has 1 aliphatic carbocycles. The first-order chi connectivity index (χ1) is 18.7. The van der Waals surface area contributed by atoms with E-state index >= 15 is 0 Å². The predicted molar refractivity (Wildman–Crippen MR) is 134 cm³/mol. The summed E-state index contributed by atoms with van der Waals surface area (Å²) in [5.41, 5.74) is 0.569. The van der Waals surface area contributed by atoms with Crippen LogP contribution in [0.25, 0.3) is 11.3 Å². The number of benzene rings is 2. The number of likely N-dealkylation sites (tertiary alicyclic amines) is 1. The second-order valence-corrected chi connectivity index (χ2v) is 10.2. The summed E-state index contributed by atoms with van der Waals surface area (Å²) in [7, 11) is 0. The van der Waals surface area contributed by atoms with Gasteiger partial charge in [-0.2, -0.15) is 18.3 Å². The molecule has 1 aliphatic heterocycles. The summed E-state index contributed by atoms with van der Waals surface area (Å²) < 4.78 is 62.7. The summed E-state index contributed by atoms with van der Waals surface area (Å²) in [6.07, 6.45) is -0.616. The molecular formula is C29H24F4N4O2. The van der Waals surface area contributed by atoms with Crippen molar-refractivity contribution in [3.05, 3.63) is 102 Å². The molecule has 2 fully saturated rings. The summed E-state index contributed by atoms with van der Waals surface area (Å²) >= 11 is 0. The average Bonchev–Trinajstić information content (AvgIpc) is 3.33. The van der Waals surface area contributed by atoms with Crippen molar-refractivity contribution in [3.8, 4) is 17.0 Å². The van der Waals surface area contributed by atoms with E-state index in [1.54, 1.807) is 12.1 Å². The minimum Gasteiger partial charge on any atom is -0.489 e. The topological polar surface area (TPSA) is 60.2 Å². The molecule has 0 N–H and O–H groups in total. The maximum Gasteiger partial charge on any atom is 0.433 e. The zero-order valence-corrected chi connectivity index (χ0v) is 20.7. The first-order valence-corrected chi connectivity index (χ1v) is 12.5. The van der Waals surface area contributed by atoms with Crippen LogP contribution in [0.15, 0.2) is 79.1 Å². The lowest BCUT2D eigenvalue weighted by Gasteiger charge is -2.59. The number of nitrogens with zero attached hydrogens (tertiary/aromatic N) is 4. The van der Waals surface area contributed by atoms with Crippen LogP contribution in [-0.2, 0) is 12.8 Å². The first kappa shape index (κ1) is 25.1. The molecule has 10 heteroatoms. The second-order valence-electron chi connectivity index (χ2n) is 10.2. The molecule has 6 rings (SSSR count). The van der Waals surface area contributed by atoms with Crippen LogP contribution in [0.3, 0.4) is 0 Å². The van der Waals surface area contributed by atoms with Gasteiger partial charge in [0.05, 0.1) is 17.3 Å². The zero-order chi connectivity index (χ0) is 27.2. The molecule has 3 heterocycles. The quantitative estimate of drug-likeness (QED) is 0.277. The summed E-state index contributed by atoms with van der Waals surface area (Å²) in [6, 6.07) is 17.4. The lowest BCUT2D eigenvalue weighted by atomic mass is 9.60. The number of aromatic nitrogens is 3. The molecular weight excluding hydrogens is 512 g/mol. The van der Waals surface area contributed by atoms with E-state index < -0.39 is 29.6 Å². The lowest BCUT2D eigenvalue weighted by Crippen LogP contribution is -2.64. The van der Waals surface area contributed by atoms with Gasteiger partial charge >= 0.3 is 6.18 Å². The molecule has 2 aliphatic rings. The largest absolute Gasteiger partial charge is 0.489 e. The molecule has 0 bridgehead atoms. The van der Waals surface area contributed by atoms with Gasteiger partial charge in [0.15, 0.2) is 0 Å². The number of amides is 1. The highest BCUT2D eigenvalue weighted by Gasteiger charge is 2.56. The van der Waals surface area contributed by atoms with E-state index in [0.29, 0.717) is 37.2 Å². The van der Waals surface area contributed by atoms with Crippen molar-refractivity contribution in [2.75, 3.05) is 13.1 Å². The highest BCUT2D eigenvalue weighted by Crippen LogP contribution is 2.55. The van der Waals surface area contributed by atoms with Crippen molar-refractivity contribution in [2.45, 2.75) is 31.7 Å². The maximum absolute atomic E-state index is 14.5. The number of halogens is 4. The molecule has 1 spiro atoms. The van der Waals surface area contributed by atoms with Crippen molar-refractivity contribution in [1.82, 2.24) is 19.7 Å². The van der Waals surface area contributed by atoms with Crippen LogP contribution in [-0.4, -0.2) is 38.7 Å². The van der Waals surface area contributed by atoms with E-state index in [9.17, 15) is 22.4 Å². The number of rotatable bonds is 6. The van der Waals surface area contributed by atoms with Crippen LogP contribution in [0.1, 0.15) is 40.5 Å². The van der Waals surface area contributed by atoms with Crippen LogP contribution in [0.4, 0.5) is 17.6 Å². The minimum atomic E-state index is -4.55. The first-order valence-electron chi connectivity index (χ1n) is 12.5. The molecule has 0 unspecified atom stereocenters. The monoisotopic (exact) mass is 536 g/mol. The standard InChI is InChI=1S/C29H24F4N4O2/c30-24-7-6-22(39-16-19-4-2-1-3-5-19)12-23(24)27(38)36-17-28(18-36)14-21(15-28)37-26(29(31,32)33)13-25(35-37)20-8-10-34-11-9-20/h1-13,21H,14-18H2. The number of ether oxygens (including phenoxy) is 1. The van der Waals surface area contributed by atoms with Crippen molar-refractivity contribution in [1.29, 1.82) is 0 Å². The Bertz CT molecular complexity index is 1490. The van der Waals surface area contributed by atoms with Crippen LogP contribution in [0.2, 0.25) is 0 Å². The smallest absolute Gasteiger partial charge is 0.433 e. The minimum absolute atomic E-state index is 0.0836. The fourth-order valence-corrected chi connectivity index (χ4v) is 5.50. The Morgan fingerprint density at radius 1 is 1.00 bits per heavy atom. The Kier molecular flexibility index (Phi) is 6.12. The van der Waals surface area contributed by atoms with Gasteiger partial charge in [-0.3, -0.25) is 14.5 Å². The van der Waals surface area contributed by atoms with Gasteiger partial charge in [-0.1, -0.05) is 30.3 Å². The fourth-order valence-electron chi connectivity index (χ4n) is 5.50. The Balaban J connectivity index is 1.11. The molecule has 0 radical (unpaired) electrons. The molecule has 200 valence electrons. The highest BCUT2D eigenvalue weighted by molar-refractivity contribution is 5.95. The van der Waals surface area contributed by atoms with Crippen molar-refractivity contribution < 1.29 is 27.1 Å². The Hall–Kier alpha value is -4.21. The van der Waals surface area contributed by atoms with Gasteiger partial charge in [0.25, 0.3) is 5.91 Å². The third-order valence-electron chi connectivity index (χ3n) is 7.44. The third kappa shape index (κ3) is 4.86. The van der Waals surface area contributed by atoms with E-state index in [-0.39, 0.29) is 23.3 Å². The van der Waals surface area contributed by atoms with Crippen LogP contribution in [0, 0.1) is 11.2 Å². The summed E-state index contributed by atoms with van der Waals surface area (Å²) in [4.78, 5) is 18.5. The molecule has 1 saturated heterocycles. The number of pyridine rings is 1. The summed E-state index contributed by atoms with van der Waals surface area (Å²) in [5.74, 6) is -0.720. The molecule has 2 aromatic carbocycles. The van der Waals surface area contributed by atoms with Crippen molar-refractivity contribution in [3.63, 3.8) is 0 Å². The molecule has 0 atom stereocenters. The van der Waals surface area contributed by atoms with Crippen molar-refractivity contribution >= 4 is 5.91 Å². The second kappa shape index (κ2) is 9.52. The van der Waals surface area contributed by atoms with Crippen LogP contribution < -0.4 is 4.74 Å². The molecule has 2 aromatic heterocycles. The molecule has 1 saturated carbocycles. The number of hydrogen-bond acceptors (Lipinski definition) is 4. The van der Waals surface area contributed by atoms with E-state index in [1.165, 1.54) is 35.5 Å². The van der Waals surface area contributed by atoms with Gasteiger partial charge in [-0.15, -0.1) is 0 Å². The van der Waals surface area contributed by atoms with E-state index in [1.807, 2.05) is 30.3 Å². The number of alkyl halides is 3. The average molecular weight is 537 g/mol. The van der Waals surface area contributed by atoms with Gasteiger partial charge in [-0.05, 0) is 54.8 Å². The molecule has 39 heavy (non-hydrogen) atoms. The highest BCUT2D eigenvalue weighted by atomic mass is 19.4. The normalized spacial score (nSPS) is 16.6.